The van der Waals surface area contributed by atoms with Crippen LogP contribution in [-0.2, 0) is 14.3 Å². The fourth-order valence-electron chi connectivity index (χ4n) is 5.29. The molecule has 0 radical (unpaired) electrons. The van der Waals surface area contributed by atoms with Crippen LogP contribution < -0.4 is 0 Å². The molecule has 4 rings (SSSR count). The van der Waals surface area contributed by atoms with E-state index in [0.29, 0.717) is 0 Å². The van der Waals surface area contributed by atoms with Gasteiger partial charge in [-0.3, -0.25) is 19.2 Å². The number of fused-ring (bicyclic) bond motifs is 3. The number of aromatic hydroxyl groups is 2. The summed E-state index contributed by atoms with van der Waals surface area (Å²) in [5, 5.41) is 54.3. The van der Waals surface area contributed by atoms with Crippen LogP contribution in [0, 0.1) is 11.8 Å². The summed E-state index contributed by atoms with van der Waals surface area (Å²) in [6, 6.07) is 0. The minimum atomic E-state index is -2.19. The van der Waals surface area contributed by atoms with Crippen LogP contribution in [-0.4, -0.2) is 61.6 Å². The largest absolute Gasteiger partial charge is 0.512 e. The van der Waals surface area contributed by atoms with E-state index in [1.54, 1.807) is 0 Å². The van der Waals surface area contributed by atoms with Gasteiger partial charge in [0.2, 0.25) is 0 Å². The molecule has 0 amide bonds. The Kier molecular flexibility index (Phi) is 5.18. The quantitative estimate of drug-likeness (QED) is 0.325. The monoisotopic (exact) mass is 458 g/mol. The van der Waals surface area contributed by atoms with Gasteiger partial charge in [0.1, 0.15) is 29.0 Å². The second kappa shape index (κ2) is 7.53. The van der Waals surface area contributed by atoms with Crippen LogP contribution >= 0.6 is 0 Å². The fourth-order valence-corrected chi connectivity index (χ4v) is 5.29. The van der Waals surface area contributed by atoms with Crippen LogP contribution in [0.2, 0.25) is 0 Å². The normalized spacial score (nSPS) is 30.1. The number of methoxy groups -OCH3 is 1. The van der Waals surface area contributed by atoms with Crippen molar-refractivity contribution in [3.8, 4) is 11.5 Å². The van der Waals surface area contributed by atoms with Gasteiger partial charge in [0.15, 0.2) is 11.6 Å². The van der Waals surface area contributed by atoms with Crippen molar-refractivity contribution in [3.63, 3.8) is 0 Å². The number of aliphatic hydroxyl groups excluding tert-OH is 2. The molecule has 0 aromatic heterocycles. The summed E-state index contributed by atoms with van der Waals surface area (Å²) in [6.45, 7) is 1.16. The number of carbonyl (C=O) groups excluding carboxylic acids is 4. The lowest BCUT2D eigenvalue weighted by Gasteiger charge is -2.43. The molecule has 0 fully saturated rings. The summed E-state index contributed by atoms with van der Waals surface area (Å²) in [4.78, 5) is 51.0. The Morgan fingerprint density at radius 2 is 1.70 bits per heavy atom. The molecular weight excluding hydrogens is 436 g/mol. The summed E-state index contributed by atoms with van der Waals surface area (Å²) in [6.07, 6.45) is 1.10. The summed E-state index contributed by atoms with van der Waals surface area (Å²) >= 11 is 0. The van der Waals surface area contributed by atoms with Crippen LogP contribution in [0.3, 0.4) is 0 Å². The number of benzene rings is 1. The number of hydrogen-bond acceptors (Lipinski definition) is 10. The van der Waals surface area contributed by atoms with Crippen molar-refractivity contribution in [2.45, 2.75) is 37.4 Å². The molecule has 0 heterocycles. The number of carbonyl (C=O) groups is 4. The smallest absolute Gasteiger partial charge is 0.316 e. The predicted octanol–water partition coefficient (Wildman–Crippen LogP) is 1.12. The standard InChI is InChI=1S/C23H22O10/c1-8(24)6-23(32)7-11(26)13-14(17(23)22(31)33-2)21(30)15-16(20(13)29)19(28)12-9(18(15)27)4-3-5-10(12)25/h3-5,9,11-12,17,25-26,29-30,32H,6-7H2,1-2H3/t9-,11-,12+,17-,23+/m1/s1. The van der Waals surface area contributed by atoms with E-state index in [1.165, 1.54) is 18.2 Å². The molecule has 1 aromatic carbocycles. The third-order valence-corrected chi connectivity index (χ3v) is 6.56. The maximum absolute atomic E-state index is 13.3. The van der Waals surface area contributed by atoms with E-state index in [4.69, 9.17) is 4.74 Å². The van der Waals surface area contributed by atoms with Crippen molar-refractivity contribution in [3.05, 3.63) is 46.2 Å². The van der Waals surface area contributed by atoms with Gasteiger partial charge in [-0.05, 0) is 13.0 Å². The Morgan fingerprint density at radius 3 is 2.30 bits per heavy atom. The molecule has 0 saturated heterocycles. The van der Waals surface area contributed by atoms with Gasteiger partial charge >= 0.3 is 5.97 Å². The number of Topliss-reactive ketones (excluding diaryl/α,β-unsaturated/α-hetero) is 3. The summed E-state index contributed by atoms with van der Waals surface area (Å²) in [5.74, 6) is -9.60. The zero-order valence-corrected chi connectivity index (χ0v) is 17.7. The summed E-state index contributed by atoms with van der Waals surface area (Å²) < 4.78 is 4.76. The predicted molar refractivity (Wildman–Crippen MR) is 110 cm³/mol. The molecule has 0 unspecified atom stereocenters. The van der Waals surface area contributed by atoms with Crippen LogP contribution in [0.4, 0.5) is 0 Å². The highest BCUT2D eigenvalue weighted by atomic mass is 16.5. The molecular formula is C23H22O10. The second-order valence-electron chi connectivity index (χ2n) is 8.64. The molecule has 33 heavy (non-hydrogen) atoms. The van der Waals surface area contributed by atoms with E-state index in [2.05, 4.69) is 0 Å². The van der Waals surface area contributed by atoms with E-state index < -0.39 is 105 Å². The Bertz CT molecular complexity index is 1180. The maximum atomic E-state index is 13.3. The third kappa shape index (κ3) is 3.09. The minimum Gasteiger partial charge on any atom is -0.512 e. The van der Waals surface area contributed by atoms with Crippen LogP contribution in [0.5, 0.6) is 11.5 Å². The van der Waals surface area contributed by atoms with Crippen molar-refractivity contribution in [2.24, 2.45) is 11.8 Å². The van der Waals surface area contributed by atoms with E-state index in [-0.39, 0.29) is 0 Å². The number of phenolic OH excluding ortho intramolecular Hbond substituents is 2. The average Bonchev–Trinajstić information content (AvgIpc) is 2.72. The van der Waals surface area contributed by atoms with Gasteiger partial charge in [0, 0.05) is 24.0 Å². The molecule has 0 saturated carbocycles. The number of esters is 1. The first-order valence-corrected chi connectivity index (χ1v) is 10.2. The maximum Gasteiger partial charge on any atom is 0.316 e. The van der Waals surface area contributed by atoms with Crippen molar-refractivity contribution in [1.29, 1.82) is 0 Å². The van der Waals surface area contributed by atoms with E-state index in [0.717, 1.165) is 14.0 Å². The molecule has 5 atom stereocenters. The van der Waals surface area contributed by atoms with Crippen molar-refractivity contribution in [1.82, 2.24) is 0 Å². The van der Waals surface area contributed by atoms with Gasteiger partial charge in [-0.2, -0.15) is 0 Å². The second-order valence-corrected chi connectivity index (χ2v) is 8.64. The average molecular weight is 458 g/mol. The Morgan fingerprint density at radius 1 is 1.09 bits per heavy atom. The molecule has 1 aromatic rings. The summed E-state index contributed by atoms with van der Waals surface area (Å²) in [5.41, 5.74) is -4.29. The van der Waals surface area contributed by atoms with Crippen LogP contribution in [0.25, 0.3) is 0 Å². The van der Waals surface area contributed by atoms with Crippen LogP contribution in [0.15, 0.2) is 24.0 Å². The molecule has 0 aliphatic heterocycles. The lowest BCUT2D eigenvalue weighted by atomic mass is 9.64. The van der Waals surface area contributed by atoms with Crippen molar-refractivity contribution < 1.29 is 49.4 Å². The topological polar surface area (TPSA) is 179 Å². The van der Waals surface area contributed by atoms with Gasteiger partial charge in [0.25, 0.3) is 0 Å². The highest BCUT2D eigenvalue weighted by Gasteiger charge is 2.55. The number of allylic oxidation sites excluding steroid dienone is 4. The molecule has 0 bridgehead atoms. The number of ether oxygens (including phenoxy) is 1. The number of rotatable bonds is 3. The Balaban J connectivity index is 2.05. The van der Waals surface area contributed by atoms with Crippen LogP contribution in [0.1, 0.15) is 63.6 Å². The number of ketones is 3. The molecule has 174 valence electrons. The zero-order chi connectivity index (χ0) is 24.4. The van der Waals surface area contributed by atoms with Gasteiger partial charge in [0.05, 0.1) is 41.8 Å². The number of hydrogen-bond donors (Lipinski definition) is 5. The number of phenols is 2. The van der Waals surface area contributed by atoms with E-state index in [9.17, 15) is 44.7 Å². The molecule has 5 N–H and O–H groups in total. The van der Waals surface area contributed by atoms with Gasteiger partial charge in [-0.1, -0.05) is 12.2 Å². The van der Waals surface area contributed by atoms with Crippen molar-refractivity contribution >= 4 is 23.3 Å². The SMILES string of the molecule is COC(=O)[C@H]1c2c(O)c3c(c(O)c2[C@H](O)C[C@@]1(O)CC(C)=O)C(=O)[C@@H]1C(O)=CC=C[C@H]1C3=O. The van der Waals surface area contributed by atoms with E-state index >= 15 is 0 Å². The third-order valence-electron chi connectivity index (χ3n) is 6.56. The molecule has 10 heteroatoms. The molecule has 3 aliphatic rings. The van der Waals surface area contributed by atoms with E-state index in [1.807, 2.05) is 0 Å². The lowest BCUT2D eigenvalue weighted by Crippen LogP contribution is -2.48. The summed E-state index contributed by atoms with van der Waals surface area (Å²) in [7, 11) is 1.01. The Labute approximate surface area is 187 Å². The number of aliphatic hydroxyl groups is 3. The van der Waals surface area contributed by atoms with Gasteiger partial charge in [-0.25, -0.2) is 0 Å². The molecule has 3 aliphatic carbocycles. The highest BCUT2D eigenvalue weighted by Crippen LogP contribution is 2.56. The molecule has 0 spiro atoms. The highest BCUT2D eigenvalue weighted by molar-refractivity contribution is 6.21. The lowest BCUT2D eigenvalue weighted by molar-refractivity contribution is -0.154. The van der Waals surface area contributed by atoms with Gasteiger partial charge < -0.3 is 30.3 Å². The first-order valence-electron chi connectivity index (χ1n) is 10.2. The fraction of sp³-hybridized carbons (Fsp3) is 0.391. The minimum absolute atomic E-state index is 0.396. The van der Waals surface area contributed by atoms with Crippen molar-refractivity contribution in [2.75, 3.05) is 7.11 Å². The first kappa shape index (κ1) is 22.7. The van der Waals surface area contributed by atoms with Gasteiger partial charge in [-0.15, -0.1) is 0 Å². The Hall–Kier alpha value is -3.50. The first-order chi connectivity index (χ1) is 15.4. The molecule has 10 nitrogen and oxygen atoms in total. The zero-order valence-electron chi connectivity index (χ0n) is 17.7.